The Morgan fingerprint density at radius 1 is 1.21 bits per heavy atom. The van der Waals surface area contributed by atoms with Gasteiger partial charge in [-0.15, -0.1) is 0 Å². The van der Waals surface area contributed by atoms with Crippen LogP contribution in [-0.4, -0.2) is 41.6 Å². The minimum absolute atomic E-state index is 0.0759. The Hall–Kier alpha value is -3.12. The first-order valence-corrected chi connectivity index (χ1v) is 12.2. The van der Waals surface area contributed by atoms with Crippen LogP contribution in [0.15, 0.2) is 36.9 Å². The number of rotatable bonds is 7. The predicted octanol–water partition coefficient (Wildman–Crippen LogP) is 5.11. The van der Waals surface area contributed by atoms with E-state index in [0.29, 0.717) is 12.1 Å². The number of aryl methyl sites for hydroxylation is 1. The van der Waals surface area contributed by atoms with Gasteiger partial charge in [0.15, 0.2) is 0 Å². The Morgan fingerprint density at radius 3 is 2.68 bits per heavy atom. The second kappa shape index (κ2) is 9.26. The zero-order chi connectivity index (χ0) is 23.8. The molecule has 3 aromatic rings. The number of nitrogens with one attached hydrogen (secondary N) is 2. The van der Waals surface area contributed by atoms with Crippen molar-refractivity contribution in [3.05, 3.63) is 70.7 Å². The van der Waals surface area contributed by atoms with Crippen molar-refractivity contribution in [2.45, 2.75) is 39.8 Å². The molecule has 1 saturated heterocycles. The first kappa shape index (κ1) is 22.7. The van der Waals surface area contributed by atoms with Crippen molar-refractivity contribution in [1.82, 2.24) is 14.8 Å². The first-order valence-electron chi connectivity index (χ1n) is 12.2. The molecule has 6 heteroatoms. The smallest absolute Gasteiger partial charge is 0.254 e. The average molecular weight is 461 g/mol. The maximum Gasteiger partial charge on any atom is 0.254 e. The van der Waals surface area contributed by atoms with E-state index >= 15 is 0 Å². The predicted molar refractivity (Wildman–Crippen MR) is 137 cm³/mol. The van der Waals surface area contributed by atoms with E-state index in [-0.39, 0.29) is 11.7 Å². The molecule has 1 aromatic heterocycles. The van der Waals surface area contributed by atoms with Crippen LogP contribution in [0.2, 0.25) is 0 Å². The average Bonchev–Trinajstić information content (AvgIpc) is 3.65. The van der Waals surface area contributed by atoms with Gasteiger partial charge in [-0.3, -0.25) is 4.79 Å². The highest BCUT2D eigenvalue weighted by molar-refractivity contribution is 6.04. The van der Waals surface area contributed by atoms with Crippen molar-refractivity contribution in [2.24, 2.45) is 5.92 Å². The highest BCUT2D eigenvalue weighted by atomic mass is 19.1. The van der Waals surface area contributed by atoms with E-state index in [2.05, 4.69) is 41.7 Å². The van der Waals surface area contributed by atoms with Crippen LogP contribution in [-0.2, 0) is 13.1 Å². The molecule has 2 fully saturated rings. The Labute approximate surface area is 200 Å². The quantitative estimate of drug-likeness (QED) is 0.515. The Bertz CT molecular complexity index is 1250. The third kappa shape index (κ3) is 4.34. The van der Waals surface area contributed by atoms with Gasteiger partial charge in [-0.1, -0.05) is 18.7 Å². The molecule has 0 radical (unpaired) electrons. The number of halogens is 1. The summed E-state index contributed by atoms with van der Waals surface area (Å²) < 4.78 is 16.2. The first-order chi connectivity index (χ1) is 16.5. The Balaban J connectivity index is 1.57. The molecule has 1 amide bonds. The van der Waals surface area contributed by atoms with E-state index in [1.54, 1.807) is 12.1 Å². The van der Waals surface area contributed by atoms with Crippen molar-refractivity contribution in [2.75, 3.05) is 31.5 Å². The summed E-state index contributed by atoms with van der Waals surface area (Å²) in [6.45, 7) is 12.8. The summed E-state index contributed by atoms with van der Waals surface area (Å²) in [4.78, 5) is 15.3. The minimum Gasteiger partial charge on any atom is -0.379 e. The van der Waals surface area contributed by atoms with Gasteiger partial charge in [-0.2, -0.15) is 0 Å². The highest BCUT2D eigenvalue weighted by Crippen LogP contribution is 2.38. The fraction of sp³-hybridized carbons (Fsp3) is 0.393. The second-order valence-corrected chi connectivity index (χ2v) is 9.63. The molecule has 1 saturated carbocycles. The number of hydrogen-bond donors (Lipinski definition) is 2. The number of carbonyl (C=O) groups excluding carboxylic acids is 1. The van der Waals surface area contributed by atoms with Crippen LogP contribution in [0.25, 0.3) is 17.0 Å². The number of hydrogen-bond acceptors (Lipinski definition) is 3. The van der Waals surface area contributed by atoms with Gasteiger partial charge in [0, 0.05) is 55.9 Å². The molecule has 0 spiro atoms. The third-order valence-corrected chi connectivity index (χ3v) is 7.32. The van der Waals surface area contributed by atoms with Gasteiger partial charge in [-0.25, -0.2) is 4.39 Å². The summed E-state index contributed by atoms with van der Waals surface area (Å²) in [5, 5.41) is 8.04. The van der Waals surface area contributed by atoms with Crippen molar-refractivity contribution in [3.8, 4) is 0 Å². The monoisotopic (exact) mass is 460 g/mol. The molecule has 178 valence electrons. The number of benzene rings is 2. The molecule has 0 atom stereocenters. The van der Waals surface area contributed by atoms with Gasteiger partial charge in [0.1, 0.15) is 5.82 Å². The largest absolute Gasteiger partial charge is 0.379 e. The topological polar surface area (TPSA) is 49.3 Å². The molecule has 5 rings (SSSR count). The molecule has 1 aliphatic heterocycles. The summed E-state index contributed by atoms with van der Waals surface area (Å²) in [5.74, 6) is 0.536. The maximum absolute atomic E-state index is 13.7. The summed E-state index contributed by atoms with van der Waals surface area (Å²) in [6, 6.07) is 8.86. The lowest BCUT2D eigenvalue weighted by Gasteiger charge is -2.27. The van der Waals surface area contributed by atoms with Crippen LogP contribution < -0.4 is 10.6 Å². The van der Waals surface area contributed by atoms with Gasteiger partial charge in [0.2, 0.25) is 0 Å². The van der Waals surface area contributed by atoms with Crippen LogP contribution in [0.1, 0.15) is 45.6 Å². The molecule has 2 N–H and O–H groups in total. The fourth-order valence-electron chi connectivity index (χ4n) is 4.98. The standard InChI is InChI=1S/C28H33FN4O/c1-4-21-13-24(29)8-7-22(21)16-31-26-15-23(28(34)32-11-9-30-10-12-32)14-25-18(2)19(3)33(27(25)26)17-20-5-6-20/h4,7-8,13-15,20,30-31H,1,5-6,9-12,16-17H2,2-3H3. The van der Waals surface area contributed by atoms with Gasteiger partial charge >= 0.3 is 0 Å². The molecule has 1 aliphatic carbocycles. The molecular formula is C28H33FN4O. The van der Waals surface area contributed by atoms with E-state index in [9.17, 15) is 9.18 Å². The number of fused-ring (bicyclic) bond motifs is 1. The van der Waals surface area contributed by atoms with Crippen LogP contribution in [0.4, 0.5) is 10.1 Å². The van der Waals surface area contributed by atoms with Crippen molar-refractivity contribution < 1.29 is 9.18 Å². The second-order valence-electron chi connectivity index (χ2n) is 9.63. The number of amides is 1. The highest BCUT2D eigenvalue weighted by Gasteiger charge is 2.26. The minimum atomic E-state index is -0.269. The molecule has 2 aromatic carbocycles. The lowest BCUT2D eigenvalue weighted by molar-refractivity contribution is 0.0736. The molecule has 5 nitrogen and oxygen atoms in total. The molecule has 0 unspecified atom stereocenters. The molecular weight excluding hydrogens is 427 g/mol. The lowest BCUT2D eigenvalue weighted by Crippen LogP contribution is -2.46. The third-order valence-electron chi connectivity index (χ3n) is 7.32. The number of nitrogens with zero attached hydrogens (tertiary/aromatic N) is 2. The van der Waals surface area contributed by atoms with E-state index in [1.165, 1.54) is 36.2 Å². The van der Waals surface area contributed by atoms with Crippen LogP contribution >= 0.6 is 0 Å². The zero-order valence-electron chi connectivity index (χ0n) is 20.1. The van der Waals surface area contributed by atoms with E-state index in [4.69, 9.17) is 0 Å². The lowest BCUT2D eigenvalue weighted by atomic mass is 10.0. The van der Waals surface area contributed by atoms with Gasteiger partial charge < -0.3 is 20.1 Å². The van der Waals surface area contributed by atoms with Gasteiger partial charge in [0.05, 0.1) is 11.2 Å². The van der Waals surface area contributed by atoms with Crippen LogP contribution in [0, 0.1) is 25.6 Å². The summed E-state index contributed by atoms with van der Waals surface area (Å²) in [6.07, 6.45) is 4.24. The van der Waals surface area contributed by atoms with Gasteiger partial charge in [0.25, 0.3) is 5.91 Å². The van der Waals surface area contributed by atoms with E-state index in [1.807, 2.05) is 11.0 Å². The maximum atomic E-state index is 13.7. The summed E-state index contributed by atoms with van der Waals surface area (Å²) >= 11 is 0. The number of anilines is 1. The Morgan fingerprint density at radius 2 is 1.97 bits per heavy atom. The molecule has 34 heavy (non-hydrogen) atoms. The van der Waals surface area contributed by atoms with E-state index in [0.717, 1.165) is 66.4 Å². The van der Waals surface area contributed by atoms with Crippen molar-refractivity contribution >= 4 is 28.6 Å². The molecule has 2 aliphatic rings. The van der Waals surface area contributed by atoms with Crippen LogP contribution in [0.3, 0.4) is 0 Å². The summed E-state index contributed by atoms with van der Waals surface area (Å²) in [5.41, 5.74) is 7.04. The molecule has 2 heterocycles. The van der Waals surface area contributed by atoms with Crippen molar-refractivity contribution in [1.29, 1.82) is 0 Å². The normalized spacial score (nSPS) is 16.1. The number of carbonyl (C=O) groups is 1. The molecule has 0 bridgehead atoms. The van der Waals surface area contributed by atoms with Crippen LogP contribution in [0.5, 0.6) is 0 Å². The number of piperazine rings is 1. The van der Waals surface area contributed by atoms with E-state index < -0.39 is 0 Å². The summed E-state index contributed by atoms with van der Waals surface area (Å²) in [7, 11) is 0. The number of aromatic nitrogens is 1. The van der Waals surface area contributed by atoms with Crippen molar-refractivity contribution in [3.63, 3.8) is 0 Å². The fourth-order valence-corrected chi connectivity index (χ4v) is 4.98. The SMILES string of the molecule is C=Cc1cc(F)ccc1CNc1cc(C(=O)N2CCNCC2)cc2c(C)c(C)n(CC3CC3)c12. The zero-order valence-corrected chi connectivity index (χ0v) is 20.1. The van der Waals surface area contributed by atoms with Gasteiger partial charge in [-0.05, 0) is 73.6 Å². The Kier molecular flexibility index (Phi) is 6.17.